The van der Waals surface area contributed by atoms with E-state index in [-0.39, 0.29) is 12.4 Å². The second-order valence-electron chi connectivity index (χ2n) is 8.26. The summed E-state index contributed by atoms with van der Waals surface area (Å²) < 4.78 is 85.6. The number of carbonyl (C=O) groups excluding carboxylic acids is 1. The van der Waals surface area contributed by atoms with Crippen molar-refractivity contribution in [3.8, 4) is 5.69 Å². The number of hydrogen-bond acceptors (Lipinski definition) is 8. The standard InChI is InChI=1S/C23H16F6N6O6/c1-2-41-21(36)33-10-9-32(16-6-4-14(23(27,28)29)12-18(16)35(39)40)20(33)19-30-7-8-31(19)15-5-3-13(22(24,25)26)11-17(15)34(37)38/h3-12,20H,2H2,1H3/t20-/m0/s1. The average molecular weight is 586 g/mol. The number of amides is 1. The van der Waals surface area contributed by atoms with Crippen molar-refractivity contribution in [3.63, 3.8) is 0 Å². The van der Waals surface area contributed by atoms with Gasteiger partial charge in [-0.3, -0.25) is 29.7 Å². The summed E-state index contributed by atoms with van der Waals surface area (Å²) in [6.07, 6.45) is -7.97. The van der Waals surface area contributed by atoms with Crippen LogP contribution in [0.25, 0.3) is 5.69 Å². The Balaban J connectivity index is 1.91. The van der Waals surface area contributed by atoms with Crippen molar-refractivity contribution < 1.29 is 45.7 Å². The number of nitro benzene ring substituents is 2. The molecule has 0 saturated heterocycles. The topological polar surface area (TPSA) is 137 Å². The molecule has 41 heavy (non-hydrogen) atoms. The van der Waals surface area contributed by atoms with E-state index in [0.29, 0.717) is 24.3 Å². The molecule has 4 rings (SSSR count). The second kappa shape index (κ2) is 10.4. The largest absolute Gasteiger partial charge is 0.449 e. The molecule has 1 amide bonds. The molecule has 1 aliphatic heterocycles. The number of carbonyl (C=O) groups is 1. The fourth-order valence-corrected chi connectivity index (χ4v) is 4.08. The van der Waals surface area contributed by atoms with Crippen LogP contribution in [0.4, 0.5) is 48.2 Å². The van der Waals surface area contributed by atoms with Crippen LogP contribution in [0.5, 0.6) is 0 Å². The van der Waals surface area contributed by atoms with E-state index < -0.39 is 68.3 Å². The predicted octanol–water partition coefficient (Wildman–Crippen LogP) is 6.17. The fraction of sp³-hybridized carbons (Fsp3) is 0.217. The summed E-state index contributed by atoms with van der Waals surface area (Å²) in [5.41, 5.74) is -5.46. The van der Waals surface area contributed by atoms with Crippen LogP contribution >= 0.6 is 0 Å². The molecule has 0 N–H and O–H groups in total. The van der Waals surface area contributed by atoms with Crippen molar-refractivity contribution in [3.05, 3.63) is 98.4 Å². The van der Waals surface area contributed by atoms with Crippen molar-refractivity contribution >= 4 is 23.2 Å². The highest BCUT2D eigenvalue weighted by atomic mass is 19.4. The predicted molar refractivity (Wildman–Crippen MR) is 127 cm³/mol. The lowest BCUT2D eigenvalue weighted by atomic mass is 10.1. The Hall–Kier alpha value is -5.16. The zero-order valence-electron chi connectivity index (χ0n) is 20.5. The number of alkyl halides is 6. The van der Waals surface area contributed by atoms with Crippen molar-refractivity contribution in [1.29, 1.82) is 0 Å². The summed E-state index contributed by atoms with van der Waals surface area (Å²) in [5.74, 6) is -0.278. The zero-order chi connectivity index (χ0) is 30.3. The van der Waals surface area contributed by atoms with E-state index in [0.717, 1.165) is 51.3 Å². The molecule has 12 nitrogen and oxygen atoms in total. The summed E-state index contributed by atoms with van der Waals surface area (Å²) in [7, 11) is 0. The van der Waals surface area contributed by atoms with Gasteiger partial charge in [0.2, 0.25) is 0 Å². The Morgan fingerprint density at radius 2 is 1.46 bits per heavy atom. The molecule has 0 saturated carbocycles. The van der Waals surface area contributed by atoms with Gasteiger partial charge < -0.3 is 9.64 Å². The molecule has 3 aromatic rings. The number of ether oxygens (including phenoxy) is 1. The molecule has 0 spiro atoms. The monoisotopic (exact) mass is 586 g/mol. The molecule has 0 aliphatic carbocycles. The van der Waals surface area contributed by atoms with Gasteiger partial charge in [-0.05, 0) is 31.2 Å². The molecule has 0 unspecified atom stereocenters. The van der Waals surface area contributed by atoms with Crippen molar-refractivity contribution in [2.24, 2.45) is 0 Å². The Kier molecular flexibility index (Phi) is 7.34. The molecule has 0 fully saturated rings. The number of rotatable bonds is 6. The third kappa shape index (κ3) is 5.48. The van der Waals surface area contributed by atoms with Gasteiger partial charge in [0.15, 0.2) is 12.0 Å². The average Bonchev–Trinajstić information content (AvgIpc) is 3.54. The minimum absolute atomic E-state index is 0.130. The highest BCUT2D eigenvalue weighted by Gasteiger charge is 2.42. The molecular weight excluding hydrogens is 570 g/mol. The van der Waals surface area contributed by atoms with E-state index in [2.05, 4.69) is 4.98 Å². The fourth-order valence-electron chi connectivity index (χ4n) is 4.08. The van der Waals surface area contributed by atoms with Crippen molar-refractivity contribution in [2.45, 2.75) is 25.4 Å². The molecule has 2 heterocycles. The molecule has 1 atom stereocenters. The smallest absolute Gasteiger partial charge is 0.416 e. The van der Waals surface area contributed by atoms with Crippen LogP contribution in [0.1, 0.15) is 30.0 Å². The maximum Gasteiger partial charge on any atom is 0.416 e. The van der Waals surface area contributed by atoms with Gasteiger partial charge in [-0.1, -0.05) is 0 Å². The zero-order valence-corrected chi connectivity index (χ0v) is 20.5. The van der Waals surface area contributed by atoms with E-state index in [9.17, 15) is 51.4 Å². The molecular formula is C23H16F6N6O6. The normalized spacial score (nSPS) is 15.3. The lowest BCUT2D eigenvalue weighted by molar-refractivity contribution is -0.384. The second-order valence-corrected chi connectivity index (χ2v) is 8.26. The minimum Gasteiger partial charge on any atom is -0.449 e. The van der Waals surface area contributed by atoms with Crippen LogP contribution < -0.4 is 4.90 Å². The van der Waals surface area contributed by atoms with Gasteiger partial charge in [0.1, 0.15) is 11.4 Å². The van der Waals surface area contributed by atoms with Crippen molar-refractivity contribution in [1.82, 2.24) is 14.5 Å². The maximum atomic E-state index is 13.3. The molecule has 1 aromatic heterocycles. The van der Waals surface area contributed by atoms with E-state index in [1.54, 1.807) is 0 Å². The lowest BCUT2D eigenvalue weighted by Gasteiger charge is -2.30. The van der Waals surface area contributed by atoms with Crippen LogP contribution in [0.2, 0.25) is 0 Å². The van der Waals surface area contributed by atoms with Gasteiger partial charge in [-0.15, -0.1) is 0 Å². The van der Waals surface area contributed by atoms with E-state index in [1.807, 2.05) is 0 Å². The van der Waals surface area contributed by atoms with E-state index >= 15 is 0 Å². The SMILES string of the molecule is CCOC(=O)N1C=CN(c2ccc(C(F)(F)F)cc2[N+](=O)[O-])[C@@H]1c1nccn1-c1ccc(C(F)(F)F)cc1[N+](=O)[O-]. The first-order valence-electron chi connectivity index (χ1n) is 11.3. The van der Waals surface area contributed by atoms with Gasteiger partial charge in [0, 0.05) is 36.9 Å². The summed E-state index contributed by atoms with van der Waals surface area (Å²) in [6.45, 7) is 1.34. The van der Waals surface area contributed by atoms with Gasteiger partial charge >= 0.3 is 18.4 Å². The third-order valence-corrected chi connectivity index (χ3v) is 5.83. The number of halogens is 6. The molecule has 0 radical (unpaired) electrons. The number of nitrogens with zero attached hydrogens (tertiary/aromatic N) is 6. The number of benzene rings is 2. The quantitative estimate of drug-likeness (QED) is 0.190. The third-order valence-electron chi connectivity index (χ3n) is 5.83. The first-order chi connectivity index (χ1) is 19.1. The molecule has 2 aromatic carbocycles. The summed E-state index contributed by atoms with van der Waals surface area (Å²) in [6, 6.07) is 3.34. The minimum atomic E-state index is -4.92. The number of anilines is 1. The van der Waals surface area contributed by atoms with Crippen LogP contribution in [0.15, 0.2) is 61.2 Å². The van der Waals surface area contributed by atoms with Gasteiger partial charge in [-0.25, -0.2) is 9.78 Å². The van der Waals surface area contributed by atoms with E-state index in [1.165, 1.54) is 6.92 Å². The van der Waals surface area contributed by atoms with E-state index in [4.69, 9.17) is 4.74 Å². The maximum absolute atomic E-state index is 13.3. The van der Waals surface area contributed by atoms with Crippen LogP contribution in [-0.2, 0) is 17.1 Å². The van der Waals surface area contributed by atoms with Gasteiger partial charge in [-0.2, -0.15) is 26.3 Å². The molecule has 216 valence electrons. The number of imidazole rings is 1. The molecule has 18 heteroatoms. The number of nitro groups is 2. The summed E-state index contributed by atoms with van der Waals surface area (Å²) >= 11 is 0. The molecule has 1 aliphatic rings. The van der Waals surface area contributed by atoms with Crippen LogP contribution in [-0.4, -0.2) is 37.0 Å². The van der Waals surface area contributed by atoms with Gasteiger partial charge in [0.25, 0.3) is 11.4 Å². The summed E-state index contributed by atoms with van der Waals surface area (Å²) in [4.78, 5) is 40.1. The first-order valence-corrected chi connectivity index (χ1v) is 11.3. The highest BCUT2D eigenvalue weighted by Crippen LogP contribution is 2.43. The van der Waals surface area contributed by atoms with Gasteiger partial charge in [0.05, 0.1) is 27.6 Å². The molecule has 0 bridgehead atoms. The Bertz CT molecular complexity index is 1550. The highest BCUT2D eigenvalue weighted by molar-refractivity contribution is 5.75. The first kappa shape index (κ1) is 28.8. The van der Waals surface area contributed by atoms with Crippen LogP contribution in [0, 0.1) is 20.2 Å². The number of aromatic nitrogens is 2. The Morgan fingerprint density at radius 3 is 1.98 bits per heavy atom. The van der Waals surface area contributed by atoms with Crippen molar-refractivity contribution in [2.75, 3.05) is 11.5 Å². The van der Waals surface area contributed by atoms with Crippen LogP contribution in [0.3, 0.4) is 0 Å². The summed E-state index contributed by atoms with van der Waals surface area (Å²) in [5, 5.41) is 23.5. The lowest BCUT2D eigenvalue weighted by Crippen LogP contribution is -2.37. The number of hydrogen-bond donors (Lipinski definition) is 0. The Morgan fingerprint density at radius 1 is 0.927 bits per heavy atom. The Labute approximate surface area is 225 Å².